The largest absolute Gasteiger partial charge is 0.280 e. The summed E-state index contributed by atoms with van der Waals surface area (Å²) in [5.74, 6) is 0. The highest BCUT2D eigenvalue weighted by molar-refractivity contribution is 7.93. The molecule has 26 heavy (non-hydrogen) atoms. The van der Waals surface area contributed by atoms with Crippen LogP contribution in [0.3, 0.4) is 0 Å². The summed E-state index contributed by atoms with van der Waals surface area (Å²) in [6, 6.07) is 21.9. The third-order valence-corrected chi connectivity index (χ3v) is 6.24. The fourth-order valence-corrected chi connectivity index (χ4v) is 4.53. The van der Waals surface area contributed by atoms with Crippen LogP contribution in [0.2, 0.25) is 0 Å². The smallest absolute Gasteiger partial charge is 0.261 e. The number of nitrogens with one attached hydrogen (secondary N) is 2. The lowest BCUT2D eigenvalue weighted by Crippen LogP contribution is -2.16. The number of hydrogen-bond acceptors (Lipinski definition) is 4. The van der Waals surface area contributed by atoms with E-state index in [-0.39, 0.29) is 9.79 Å². The average molecular weight is 388 g/mol. The molecule has 0 fully saturated rings. The Balaban J connectivity index is 1.90. The fraction of sp³-hybridized carbons (Fsp3) is 0. The Bertz CT molecular complexity index is 1010. The van der Waals surface area contributed by atoms with Crippen molar-refractivity contribution >= 4 is 31.4 Å². The highest BCUT2D eigenvalue weighted by Crippen LogP contribution is 2.21. The van der Waals surface area contributed by atoms with E-state index in [0.717, 1.165) is 6.07 Å². The maximum absolute atomic E-state index is 12.5. The summed E-state index contributed by atoms with van der Waals surface area (Å²) < 4.78 is 54.9. The molecule has 0 unspecified atom stereocenters. The van der Waals surface area contributed by atoms with Gasteiger partial charge in [-0.15, -0.1) is 0 Å². The molecule has 0 aliphatic heterocycles. The van der Waals surface area contributed by atoms with Gasteiger partial charge in [-0.05, 0) is 42.5 Å². The molecule has 0 amide bonds. The van der Waals surface area contributed by atoms with Gasteiger partial charge in [-0.3, -0.25) is 9.44 Å². The van der Waals surface area contributed by atoms with E-state index in [4.69, 9.17) is 0 Å². The van der Waals surface area contributed by atoms with Crippen molar-refractivity contribution in [2.75, 3.05) is 9.44 Å². The van der Waals surface area contributed by atoms with Gasteiger partial charge in [0, 0.05) is 11.4 Å². The van der Waals surface area contributed by atoms with E-state index in [2.05, 4.69) is 9.44 Å². The third kappa shape index (κ3) is 4.22. The van der Waals surface area contributed by atoms with Crippen LogP contribution in [0, 0.1) is 0 Å². The monoisotopic (exact) mass is 388 g/mol. The number of sulfonamides is 2. The van der Waals surface area contributed by atoms with Gasteiger partial charge < -0.3 is 0 Å². The number of para-hydroxylation sites is 2. The number of anilines is 2. The third-order valence-electron chi connectivity index (χ3n) is 3.48. The van der Waals surface area contributed by atoms with Crippen LogP contribution in [-0.4, -0.2) is 16.8 Å². The van der Waals surface area contributed by atoms with E-state index in [1.54, 1.807) is 60.7 Å². The van der Waals surface area contributed by atoms with Gasteiger partial charge in [-0.25, -0.2) is 16.8 Å². The van der Waals surface area contributed by atoms with Crippen LogP contribution < -0.4 is 9.44 Å². The van der Waals surface area contributed by atoms with Gasteiger partial charge in [-0.1, -0.05) is 42.5 Å². The van der Waals surface area contributed by atoms with E-state index in [0.29, 0.717) is 11.4 Å². The molecular formula is C18H16N2O4S2. The lowest BCUT2D eigenvalue weighted by Gasteiger charge is -2.11. The fourth-order valence-electron chi connectivity index (χ4n) is 2.25. The van der Waals surface area contributed by atoms with Crippen molar-refractivity contribution in [3.63, 3.8) is 0 Å². The summed E-state index contributed by atoms with van der Waals surface area (Å²) in [4.78, 5) is -0.283. The minimum absolute atomic E-state index is 0.141. The van der Waals surface area contributed by atoms with Gasteiger partial charge in [0.15, 0.2) is 0 Å². The van der Waals surface area contributed by atoms with Crippen LogP contribution in [0.25, 0.3) is 0 Å². The van der Waals surface area contributed by atoms with E-state index < -0.39 is 20.0 Å². The van der Waals surface area contributed by atoms with Gasteiger partial charge in [0.25, 0.3) is 20.0 Å². The summed E-state index contributed by atoms with van der Waals surface area (Å²) in [5, 5.41) is 0. The first-order valence-corrected chi connectivity index (χ1v) is 10.6. The quantitative estimate of drug-likeness (QED) is 0.678. The molecule has 134 valence electrons. The second-order valence-corrected chi connectivity index (χ2v) is 8.78. The van der Waals surface area contributed by atoms with Gasteiger partial charge in [0.2, 0.25) is 0 Å². The highest BCUT2D eigenvalue weighted by atomic mass is 32.2. The van der Waals surface area contributed by atoms with Crippen molar-refractivity contribution in [3.05, 3.63) is 84.9 Å². The summed E-state index contributed by atoms with van der Waals surface area (Å²) in [5.41, 5.74) is 0.784. The van der Waals surface area contributed by atoms with Crippen molar-refractivity contribution in [1.82, 2.24) is 0 Å². The zero-order chi connectivity index (χ0) is 18.6. The van der Waals surface area contributed by atoms with Crippen LogP contribution in [0.1, 0.15) is 0 Å². The first-order valence-electron chi connectivity index (χ1n) is 7.63. The molecule has 0 aliphatic carbocycles. The zero-order valence-electron chi connectivity index (χ0n) is 13.5. The molecule has 0 saturated carbocycles. The zero-order valence-corrected chi connectivity index (χ0v) is 15.2. The van der Waals surface area contributed by atoms with Crippen LogP contribution in [-0.2, 0) is 20.0 Å². The maximum atomic E-state index is 12.5. The van der Waals surface area contributed by atoms with Gasteiger partial charge in [-0.2, -0.15) is 0 Å². The Labute approximate surface area is 152 Å². The van der Waals surface area contributed by atoms with Crippen molar-refractivity contribution in [2.45, 2.75) is 9.79 Å². The molecule has 0 saturated heterocycles. The summed E-state index contributed by atoms with van der Waals surface area (Å²) in [7, 11) is -7.82. The van der Waals surface area contributed by atoms with Crippen molar-refractivity contribution in [1.29, 1.82) is 0 Å². The summed E-state index contributed by atoms with van der Waals surface area (Å²) in [6.07, 6.45) is 0. The Morgan fingerprint density at radius 2 is 0.885 bits per heavy atom. The van der Waals surface area contributed by atoms with E-state index in [1.807, 2.05) is 0 Å². The van der Waals surface area contributed by atoms with Gasteiger partial charge in [0.1, 0.15) is 0 Å². The minimum atomic E-state index is -3.91. The lowest BCUT2D eigenvalue weighted by molar-refractivity contribution is 0.599. The molecule has 0 heterocycles. The summed E-state index contributed by atoms with van der Waals surface area (Å²) >= 11 is 0. The topological polar surface area (TPSA) is 92.3 Å². The average Bonchev–Trinajstić information content (AvgIpc) is 2.63. The summed E-state index contributed by atoms with van der Waals surface area (Å²) in [6.45, 7) is 0. The molecule has 6 nitrogen and oxygen atoms in total. The molecule has 0 radical (unpaired) electrons. The van der Waals surface area contributed by atoms with Crippen LogP contribution >= 0.6 is 0 Å². The predicted octanol–water partition coefficient (Wildman–Crippen LogP) is 3.29. The molecule has 0 spiro atoms. The molecule has 0 aromatic heterocycles. The van der Waals surface area contributed by atoms with Gasteiger partial charge in [0.05, 0.1) is 9.79 Å². The second kappa shape index (κ2) is 7.19. The molecular weight excluding hydrogens is 372 g/mol. The second-order valence-electron chi connectivity index (χ2n) is 5.42. The lowest BCUT2D eigenvalue weighted by atomic mass is 10.3. The number of hydrogen-bond donors (Lipinski definition) is 2. The molecule has 3 aromatic carbocycles. The van der Waals surface area contributed by atoms with E-state index in [9.17, 15) is 16.8 Å². The van der Waals surface area contributed by atoms with Gasteiger partial charge >= 0.3 is 0 Å². The maximum Gasteiger partial charge on any atom is 0.261 e. The molecule has 0 aliphatic rings. The normalized spacial score (nSPS) is 11.7. The predicted molar refractivity (Wildman–Crippen MR) is 101 cm³/mol. The SMILES string of the molecule is O=S(=O)(Nc1ccccc1)c1cccc(S(=O)(=O)Nc2ccccc2)c1. The Kier molecular flexibility index (Phi) is 4.97. The molecule has 2 N–H and O–H groups in total. The van der Waals surface area contributed by atoms with E-state index in [1.165, 1.54) is 18.2 Å². The standard InChI is InChI=1S/C18H16N2O4S2/c21-25(22,19-15-8-3-1-4-9-15)17-12-7-13-18(14-17)26(23,24)20-16-10-5-2-6-11-16/h1-14,19-20H. The minimum Gasteiger partial charge on any atom is -0.280 e. The number of benzene rings is 3. The van der Waals surface area contributed by atoms with Crippen molar-refractivity contribution < 1.29 is 16.8 Å². The van der Waals surface area contributed by atoms with Crippen LogP contribution in [0.4, 0.5) is 11.4 Å². The van der Waals surface area contributed by atoms with Crippen LogP contribution in [0.5, 0.6) is 0 Å². The first kappa shape index (κ1) is 18.0. The Morgan fingerprint density at radius 3 is 1.27 bits per heavy atom. The molecule has 0 atom stereocenters. The molecule has 3 aromatic rings. The highest BCUT2D eigenvalue weighted by Gasteiger charge is 2.19. The Morgan fingerprint density at radius 1 is 0.500 bits per heavy atom. The molecule has 0 bridgehead atoms. The van der Waals surface area contributed by atoms with Crippen molar-refractivity contribution in [3.8, 4) is 0 Å². The Hall–Kier alpha value is -2.84. The number of rotatable bonds is 6. The molecule has 8 heteroatoms. The van der Waals surface area contributed by atoms with Crippen molar-refractivity contribution in [2.24, 2.45) is 0 Å². The first-order chi connectivity index (χ1) is 12.4. The molecule has 3 rings (SSSR count). The van der Waals surface area contributed by atoms with E-state index >= 15 is 0 Å². The van der Waals surface area contributed by atoms with Crippen LogP contribution in [0.15, 0.2) is 94.7 Å².